The lowest BCUT2D eigenvalue weighted by Crippen LogP contribution is -2.37. The van der Waals surface area contributed by atoms with Crippen molar-refractivity contribution < 1.29 is 4.74 Å². The molecule has 9 rings (SSSR count). The van der Waals surface area contributed by atoms with Gasteiger partial charge in [0, 0.05) is 34.1 Å². The Hall–Kier alpha value is -5.28. The van der Waals surface area contributed by atoms with Crippen LogP contribution in [0.5, 0.6) is 11.5 Å². The summed E-state index contributed by atoms with van der Waals surface area (Å²) in [4.78, 5) is 10.1. The van der Waals surface area contributed by atoms with Gasteiger partial charge in [-0.1, -0.05) is 109 Å². The van der Waals surface area contributed by atoms with Crippen LogP contribution in [0.4, 0.5) is 0 Å². The van der Waals surface area contributed by atoms with Crippen molar-refractivity contribution in [3.05, 3.63) is 168 Å². The summed E-state index contributed by atoms with van der Waals surface area (Å²) in [5.41, 5.74) is 10.7. The van der Waals surface area contributed by atoms with E-state index in [0.717, 1.165) is 44.9 Å². The van der Waals surface area contributed by atoms with Gasteiger partial charge in [0.2, 0.25) is 0 Å². The van der Waals surface area contributed by atoms with Crippen molar-refractivity contribution in [3.63, 3.8) is 0 Å². The molecule has 0 bridgehead atoms. The summed E-state index contributed by atoms with van der Waals surface area (Å²) >= 11 is 0. The molecule has 0 radical (unpaired) electrons. The number of rotatable bonds is 2. The van der Waals surface area contributed by atoms with E-state index in [1.807, 2.05) is 12.3 Å². The maximum Gasteiger partial charge on any atom is 0.131 e. The summed E-state index contributed by atoms with van der Waals surface area (Å²) in [6, 6.07) is 40.6. The molecule has 0 fully saturated rings. The van der Waals surface area contributed by atoms with Crippen LogP contribution >= 0.6 is 0 Å². The van der Waals surface area contributed by atoms with Gasteiger partial charge in [0.1, 0.15) is 11.5 Å². The molecule has 3 nitrogen and oxygen atoms in total. The van der Waals surface area contributed by atoms with E-state index in [1.165, 1.54) is 22.3 Å². The van der Waals surface area contributed by atoms with E-state index in [0.29, 0.717) is 5.92 Å². The predicted molar refractivity (Wildman–Crippen MR) is 168 cm³/mol. The molecule has 1 aromatic heterocycles. The molecule has 198 valence electrons. The topological polar surface area (TPSA) is 35.0 Å². The maximum absolute atomic E-state index is 6.61. The molecule has 0 saturated carbocycles. The third-order valence-electron chi connectivity index (χ3n) is 9.27. The minimum atomic E-state index is -0.381. The minimum absolute atomic E-state index is 0.232. The molecule has 3 heteroatoms. The number of fused-ring (bicyclic) bond motifs is 10. The molecule has 3 unspecified atom stereocenters. The molecule has 2 heterocycles. The summed E-state index contributed by atoms with van der Waals surface area (Å²) < 4.78 is 6.61. The highest BCUT2D eigenvalue weighted by Gasteiger charge is 2.56. The molecule has 1 aliphatic heterocycles. The van der Waals surface area contributed by atoms with Crippen molar-refractivity contribution >= 4 is 11.0 Å². The van der Waals surface area contributed by atoms with Crippen LogP contribution in [0.1, 0.15) is 28.2 Å². The standard InChI is InChI=1S/C39H26N2O/c1-2-11-25(12-3-1)27-15-10-19-34-38(27)40-24-35(41-34)26-21-22-37-33(23-26)39(32-18-8-9-20-36(32)42-37)30-16-6-4-13-28(30)29-14-5-7-17-31(29)39/h1-24,28,30H. The Morgan fingerprint density at radius 3 is 2.33 bits per heavy atom. The molecular weight excluding hydrogens is 512 g/mol. The first-order chi connectivity index (χ1) is 20.8. The maximum atomic E-state index is 6.61. The first-order valence-electron chi connectivity index (χ1n) is 14.5. The van der Waals surface area contributed by atoms with Crippen LogP contribution in [0.25, 0.3) is 33.4 Å². The third-order valence-corrected chi connectivity index (χ3v) is 9.27. The monoisotopic (exact) mass is 538 g/mol. The molecular formula is C39H26N2O. The van der Waals surface area contributed by atoms with Crippen molar-refractivity contribution in [1.29, 1.82) is 0 Å². The Labute approximate surface area is 244 Å². The van der Waals surface area contributed by atoms with Gasteiger partial charge in [0.05, 0.1) is 28.3 Å². The fourth-order valence-electron chi connectivity index (χ4n) is 7.56. The molecule has 6 aromatic rings. The van der Waals surface area contributed by atoms with Crippen molar-refractivity contribution in [2.24, 2.45) is 5.92 Å². The van der Waals surface area contributed by atoms with E-state index in [1.54, 1.807) is 0 Å². The molecule has 42 heavy (non-hydrogen) atoms. The zero-order valence-corrected chi connectivity index (χ0v) is 22.8. The van der Waals surface area contributed by atoms with Crippen LogP contribution in [0.15, 0.2) is 146 Å². The van der Waals surface area contributed by atoms with Gasteiger partial charge >= 0.3 is 0 Å². The second-order valence-corrected chi connectivity index (χ2v) is 11.3. The van der Waals surface area contributed by atoms with Gasteiger partial charge < -0.3 is 4.74 Å². The lowest BCUT2D eigenvalue weighted by Gasteiger charge is -2.43. The van der Waals surface area contributed by atoms with Crippen LogP contribution in [-0.4, -0.2) is 9.97 Å². The number of aromatic nitrogens is 2. The van der Waals surface area contributed by atoms with E-state index in [4.69, 9.17) is 14.7 Å². The Balaban J connectivity index is 1.27. The summed E-state index contributed by atoms with van der Waals surface area (Å²) in [7, 11) is 0. The summed E-state index contributed by atoms with van der Waals surface area (Å²) in [6.07, 6.45) is 11.1. The second kappa shape index (κ2) is 8.86. The molecule has 2 aliphatic carbocycles. The first-order valence-corrected chi connectivity index (χ1v) is 14.5. The quantitative estimate of drug-likeness (QED) is 0.220. The SMILES string of the molecule is C1=CC2c3ccccc3C3(c4ccccc4Oc4ccc(-c5cnc6c(-c7ccccc7)cccc6n5)cc43)C2C=C1. The zero-order chi connectivity index (χ0) is 27.7. The van der Waals surface area contributed by atoms with Gasteiger partial charge in [-0.15, -0.1) is 0 Å². The number of hydrogen-bond donors (Lipinski definition) is 0. The largest absolute Gasteiger partial charge is 0.457 e. The third kappa shape index (κ3) is 3.16. The molecule has 1 spiro atoms. The van der Waals surface area contributed by atoms with E-state index in [-0.39, 0.29) is 11.3 Å². The number of hydrogen-bond acceptors (Lipinski definition) is 3. The molecule has 5 aromatic carbocycles. The number of para-hydroxylation sites is 2. The first kappa shape index (κ1) is 23.4. The van der Waals surface area contributed by atoms with Crippen molar-refractivity contribution in [2.75, 3.05) is 0 Å². The lowest BCUT2D eigenvalue weighted by molar-refractivity contribution is 0.374. The predicted octanol–water partition coefficient (Wildman–Crippen LogP) is 9.24. The van der Waals surface area contributed by atoms with Crippen molar-refractivity contribution in [3.8, 4) is 33.9 Å². The van der Waals surface area contributed by atoms with Gasteiger partial charge in [0.25, 0.3) is 0 Å². The van der Waals surface area contributed by atoms with Gasteiger partial charge in [-0.05, 0) is 47.0 Å². The number of nitrogens with zero attached hydrogens (tertiary/aromatic N) is 2. The van der Waals surface area contributed by atoms with E-state index in [9.17, 15) is 0 Å². The molecule has 3 aliphatic rings. The number of benzene rings is 5. The van der Waals surface area contributed by atoms with Gasteiger partial charge in [-0.25, -0.2) is 4.98 Å². The Kier molecular flexibility index (Phi) is 4.94. The average Bonchev–Trinajstić information content (AvgIpc) is 3.35. The highest BCUT2D eigenvalue weighted by molar-refractivity contribution is 5.92. The highest BCUT2D eigenvalue weighted by atomic mass is 16.5. The number of allylic oxidation sites excluding steroid dienone is 4. The molecule has 0 saturated heterocycles. The van der Waals surface area contributed by atoms with Crippen LogP contribution in [-0.2, 0) is 5.41 Å². The van der Waals surface area contributed by atoms with Gasteiger partial charge in [0.15, 0.2) is 0 Å². The van der Waals surface area contributed by atoms with Gasteiger partial charge in [-0.2, -0.15) is 0 Å². The summed E-state index contributed by atoms with van der Waals surface area (Å²) in [5.74, 6) is 2.35. The van der Waals surface area contributed by atoms with E-state index < -0.39 is 0 Å². The van der Waals surface area contributed by atoms with Crippen LogP contribution in [0.2, 0.25) is 0 Å². The van der Waals surface area contributed by atoms with Crippen LogP contribution in [0, 0.1) is 5.92 Å². The fraction of sp³-hybridized carbons (Fsp3) is 0.0769. The zero-order valence-electron chi connectivity index (χ0n) is 22.8. The van der Waals surface area contributed by atoms with Crippen LogP contribution in [0.3, 0.4) is 0 Å². The normalized spacial score (nSPS) is 21.0. The summed E-state index contributed by atoms with van der Waals surface area (Å²) in [5, 5.41) is 0. The fourth-order valence-corrected chi connectivity index (χ4v) is 7.56. The second-order valence-electron chi connectivity index (χ2n) is 11.3. The van der Waals surface area contributed by atoms with E-state index >= 15 is 0 Å². The van der Waals surface area contributed by atoms with Crippen molar-refractivity contribution in [2.45, 2.75) is 11.3 Å². The molecule has 3 atom stereocenters. The molecule has 0 N–H and O–H groups in total. The Bertz CT molecular complexity index is 2090. The van der Waals surface area contributed by atoms with Crippen LogP contribution < -0.4 is 4.74 Å². The number of ether oxygens (including phenoxy) is 1. The lowest BCUT2D eigenvalue weighted by atomic mass is 9.61. The average molecular weight is 539 g/mol. The van der Waals surface area contributed by atoms with Gasteiger partial charge in [-0.3, -0.25) is 4.98 Å². The minimum Gasteiger partial charge on any atom is -0.457 e. The summed E-state index contributed by atoms with van der Waals surface area (Å²) in [6.45, 7) is 0. The smallest absolute Gasteiger partial charge is 0.131 e. The Morgan fingerprint density at radius 1 is 0.619 bits per heavy atom. The highest BCUT2D eigenvalue weighted by Crippen LogP contribution is 2.64. The Morgan fingerprint density at radius 2 is 1.40 bits per heavy atom. The van der Waals surface area contributed by atoms with Crippen molar-refractivity contribution in [1.82, 2.24) is 9.97 Å². The van der Waals surface area contributed by atoms with E-state index in [2.05, 4.69) is 133 Å². The molecule has 0 amide bonds.